The molecular formula is C17H21NO4Si. The molecule has 0 aliphatic carbocycles. The van der Waals surface area contributed by atoms with Crippen molar-refractivity contribution in [2.24, 2.45) is 0 Å². The quantitative estimate of drug-likeness (QED) is 0.685. The molecule has 5 nitrogen and oxygen atoms in total. The van der Waals surface area contributed by atoms with Crippen molar-refractivity contribution in [1.82, 2.24) is 0 Å². The highest BCUT2D eigenvalue weighted by Crippen LogP contribution is 2.28. The molecule has 0 amide bonds. The number of anilines is 1. The predicted octanol–water partition coefficient (Wildman–Crippen LogP) is 3.59. The summed E-state index contributed by atoms with van der Waals surface area (Å²) in [6.45, 7) is 7.83. The van der Waals surface area contributed by atoms with Crippen LogP contribution in [0, 0.1) is 0 Å². The predicted molar refractivity (Wildman–Crippen MR) is 91.6 cm³/mol. The van der Waals surface area contributed by atoms with Crippen molar-refractivity contribution in [3.8, 4) is 11.7 Å². The van der Waals surface area contributed by atoms with Gasteiger partial charge in [-0.2, -0.15) is 0 Å². The fourth-order valence-corrected chi connectivity index (χ4v) is 5.20. The van der Waals surface area contributed by atoms with Gasteiger partial charge in [0.05, 0.1) is 14.7 Å². The number of ether oxygens (including phenoxy) is 2. The zero-order valence-corrected chi connectivity index (χ0v) is 14.6. The number of benzene rings is 1. The van der Waals surface area contributed by atoms with Gasteiger partial charge in [0, 0.05) is 18.3 Å². The third kappa shape index (κ3) is 3.27. The highest BCUT2D eigenvalue weighted by Gasteiger charge is 2.29. The van der Waals surface area contributed by atoms with E-state index in [1.807, 2.05) is 12.1 Å². The van der Waals surface area contributed by atoms with E-state index in [1.54, 1.807) is 19.1 Å². The van der Waals surface area contributed by atoms with E-state index in [1.165, 1.54) is 16.9 Å². The Hall–Kier alpha value is -2.21. The summed E-state index contributed by atoms with van der Waals surface area (Å²) in [6.07, 6.45) is 0. The molecule has 0 spiro atoms. The smallest absolute Gasteiger partial charge is 0.374 e. The van der Waals surface area contributed by atoms with Crippen LogP contribution in [-0.4, -0.2) is 27.2 Å². The Balaban J connectivity index is 1.80. The summed E-state index contributed by atoms with van der Waals surface area (Å²) in [5.74, 6) is 0.677. The maximum Gasteiger partial charge on any atom is 0.374 e. The third-order valence-electron chi connectivity index (χ3n) is 4.06. The van der Waals surface area contributed by atoms with Gasteiger partial charge in [-0.1, -0.05) is 13.1 Å². The molecule has 0 saturated carbocycles. The topological polar surface area (TPSA) is 60.7 Å². The molecule has 23 heavy (non-hydrogen) atoms. The van der Waals surface area contributed by atoms with E-state index >= 15 is 0 Å². The summed E-state index contributed by atoms with van der Waals surface area (Å²) in [4.78, 5) is 11.6. The molecule has 0 fully saturated rings. The fraction of sp³-hybridized carbons (Fsp3) is 0.353. The molecule has 1 aliphatic rings. The van der Waals surface area contributed by atoms with Crippen LogP contribution in [0.25, 0.3) is 0 Å². The molecule has 0 bridgehead atoms. The van der Waals surface area contributed by atoms with Gasteiger partial charge in [-0.25, -0.2) is 4.79 Å². The highest BCUT2D eigenvalue weighted by atomic mass is 28.3. The van der Waals surface area contributed by atoms with Crippen LogP contribution in [0.3, 0.4) is 0 Å². The summed E-state index contributed by atoms with van der Waals surface area (Å²) in [5.41, 5.74) is 1.20. The van der Waals surface area contributed by atoms with Crippen LogP contribution >= 0.6 is 0 Å². The molecule has 0 saturated heterocycles. The summed E-state index contributed by atoms with van der Waals surface area (Å²) < 4.78 is 16.1. The first kappa shape index (κ1) is 15.7. The van der Waals surface area contributed by atoms with Crippen LogP contribution in [0.2, 0.25) is 19.1 Å². The standard InChI is InChI=1S/C17H21NO4Si/c1-4-20-17(19)14-7-8-16(22-14)21-12-5-6-13-15(11-12)23(2,3)10-9-18-13/h5-8,11,18H,4,9-10H2,1-3H3. The first-order valence-electron chi connectivity index (χ1n) is 7.83. The fourth-order valence-electron chi connectivity index (χ4n) is 2.75. The summed E-state index contributed by atoms with van der Waals surface area (Å²) >= 11 is 0. The van der Waals surface area contributed by atoms with Gasteiger partial charge in [-0.15, -0.1) is 0 Å². The molecule has 122 valence electrons. The SMILES string of the molecule is CCOC(=O)c1ccc(Oc2ccc3c(c2)[Si](C)(C)CCN3)o1. The Labute approximate surface area is 136 Å². The van der Waals surface area contributed by atoms with E-state index in [4.69, 9.17) is 13.9 Å². The van der Waals surface area contributed by atoms with Gasteiger partial charge < -0.3 is 19.2 Å². The van der Waals surface area contributed by atoms with Gasteiger partial charge >= 0.3 is 5.97 Å². The molecule has 1 aliphatic heterocycles. The molecule has 1 aromatic heterocycles. The molecule has 0 unspecified atom stereocenters. The first-order chi connectivity index (χ1) is 11.0. The largest absolute Gasteiger partial charge is 0.460 e. The van der Waals surface area contributed by atoms with E-state index in [-0.39, 0.29) is 11.7 Å². The van der Waals surface area contributed by atoms with Crippen LogP contribution < -0.4 is 15.2 Å². The molecule has 0 atom stereocenters. The number of carbonyl (C=O) groups excluding carboxylic acids is 1. The Morgan fingerprint density at radius 2 is 2.13 bits per heavy atom. The van der Waals surface area contributed by atoms with E-state index in [9.17, 15) is 4.79 Å². The van der Waals surface area contributed by atoms with E-state index in [2.05, 4.69) is 24.5 Å². The molecular weight excluding hydrogens is 310 g/mol. The molecule has 0 radical (unpaired) electrons. The molecule has 2 heterocycles. The normalized spacial score (nSPS) is 15.4. The minimum atomic E-state index is -1.43. The van der Waals surface area contributed by atoms with Gasteiger partial charge in [-0.3, -0.25) is 0 Å². The number of carbonyl (C=O) groups is 1. The maximum atomic E-state index is 11.6. The van der Waals surface area contributed by atoms with Gasteiger partial charge in [0.2, 0.25) is 5.76 Å². The van der Waals surface area contributed by atoms with E-state index < -0.39 is 14.0 Å². The minimum Gasteiger partial charge on any atom is -0.460 e. The lowest BCUT2D eigenvalue weighted by Crippen LogP contribution is -2.47. The molecule has 2 aromatic rings. The number of rotatable bonds is 4. The van der Waals surface area contributed by atoms with Gasteiger partial charge in [0.15, 0.2) is 0 Å². The molecule has 1 N–H and O–H groups in total. The monoisotopic (exact) mass is 331 g/mol. The number of hydrogen-bond donors (Lipinski definition) is 1. The molecule has 3 rings (SSSR count). The van der Waals surface area contributed by atoms with Crippen molar-refractivity contribution in [1.29, 1.82) is 0 Å². The molecule has 1 aromatic carbocycles. The first-order valence-corrected chi connectivity index (χ1v) is 11.0. The minimum absolute atomic E-state index is 0.149. The van der Waals surface area contributed by atoms with Crippen LogP contribution in [-0.2, 0) is 4.74 Å². The Morgan fingerprint density at radius 3 is 2.91 bits per heavy atom. The molecule has 6 heteroatoms. The van der Waals surface area contributed by atoms with Crippen LogP contribution in [0.1, 0.15) is 17.5 Å². The maximum absolute atomic E-state index is 11.6. The second-order valence-corrected chi connectivity index (χ2v) is 11.0. The second kappa shape index (κ2) is 6.12. The number of hydrogen-bond acceptors (Lipinski definition) is 5. The average molecular weight is 331 g/mol. The number of nitrogens with one attached hydrogen (secondary N) is 1. The van der Waals surface area contributed by atoms with Gasteiger partial charge in [0.25, 0.3) is 5.95 Å². The van der Waals surface area contributed by atoms with E-state index in [0.717, 1.165) is 12.3 Å². The lowest BCUT2D eigenvalue weighted by Gasteiger charge is -2.31. The third-order valence-corrected chi connectivity index (χ3v) is 7.43. The second-order valence-electron chi connectivity index (χ2n) is 6.21. The van der Waals surface area contributed by atoms with Crippen LogP contribution in [0.15, 0.2) is 34.7 Å². The lowest BCUT2D eigenvalue weighted by molar-refractivity contribution is 0.0485. The highest BCUT2D eigenvalue weighted by molar-refractivity contribution is 6.91. The number of furan rings is 1. The lowest BCUT2D eigenvalue weighted by atomic mass is 10.3. The Bertz CT molecular complexity index is 723. The van der Waals surface area contributed by atoms with Crippen molar-refractivity contribution in [2.75, 3.05) is 18.5 Å². The summed E-state index contributed by atoms with van der Waals surface area (Å²) in [5, 5.41) is 4.80. The summed E-state index contributed by atoms with van der Waals surface area (Å²) in [7, 11) is -1.43. The number of fused-ring (bicyclic) bond motifs is 1. The zero-order valence-electron chi connectivity index (χ0n) is 13.6. The van der Waals surface area contributed by atoms with Gasteiger partial charge in [0.1, 0.15) is 5.75 Å². The van der Waals surface area contributed by atoms with Crippen LogP contribution in [0.5, 0.6) is 11.7 Å². The van der Waals surface area contributed by atoms with Crippen molar-refractivity contribution in [3.05, 3.63) is 36.1 Å². The van der Waals surface area contributed by atoms with Crippen molar-refractivity contribution >= 4 is 24.9 Å². The summed E-state index contributed by atoms with van der Waals surface area (Å²) in [6, 6.07) is 10.4. The van der Waals surface area contributed by atoms with Gasteiger partial charge in [-0.05, 0) is 42.4 Å². The van der Waals surface area contributed by atoms with E-state index in [0.29, 0.717) is 6.61 Å². The van der Waals surface area contributed by atoms with Crippen molar-refractivity contribution in [2.45, 2.75) is 26.1 Å². The van der Waals surface area contributed by atoms with Crippen molar-refractivity contribution < 1.29 is 18.7 Å². The van der Waals surface area contributed by atoms with Crippen LogP contribution in [0.4, 0.5) is 5.69 Å². The Morgan fingerprint density at radius 1 is 1.30 bits per heavy atom. The average Bonchev–Trinajstić information content (AvgIpc) is 2.97. The zero-order chi connectivity index (χ0) is 16.4. The number of esters is 1. The van der Waals surface area contributed by atoms with Crippen molar-refractivity contribution in [3.63, 3.8) is 0 Å². The Kier molecular flexibility index (Phi) is 4.17.